The highest BCUT2D eigenvalue weighted by atomic mass is 35.5. The van der Waals surface area contributed by atoms with Gasteiger partial charge in [-0.25, -0.2) is 13.4 Å². The number of amides is 2. The number of rotatable bonds is 12. The molecule has 246 valence electrons. The number of hydrogen-bond acceptors (Lipinski definition) is 8. The van der Waals surface area contributed by atoms with E-state index in [0.717, 1.165) is 16.6 Å². The van der Waals surface area contributed by atoms with Crippen LogP contribution in [-0.4, -0.2) is 61.4 Å². The van der Waals surface area contributed by atoms with E-state index in [2.05, 4.69) is 20.7 Å². The van der Waals surface area contributed by atoms with Gasteiger partial charge in [-0.3, -0.25) is 9.59 Å². The van der Waals surface area contributed by atoms with E-state index in [1.54, 1.807) is 30.3 Å². The molecule has 3 aromatic carbocycles. The van der Waals surface area contributed by atoms with Gasteiger partial charge in [-0.1, -0.05) is 53.5 Å². The molecule has 2 heterocycles. The summed E-state index contributed by atoms with van der Waals surface area (Å²) in [6.07, 6.45) is 2.80. The Kier molecular flexibility index (Phi) is 11.0. The quantitative estimate of drug-likeness (QED) is 0.0831. The summed E-state index contributed by atoms with van der Waals surface area (Å²) in [4.78, 5) is 29.9. The van der Waals surface area contributed by atoms with E-state index in [4.69, 9.17) is 33.8 Å². The topological polar surface area (TPSA) is 156 Å². The summed E-state index contributed by atoms with van der Waals surface area (Å²) in [5.41, 5.74) is 3.05. The van der Waals surface area contributed by atoms with E-state index < -0.39 is 22.0 Å². The summed E-state index contributed by atoms with van der Waals surface area (Å²) in [7, 11) is -4.17. The summed E-state index contributed by atoms with van der Waals surface area (Å²) in [6.45, 7) is 2.52. The van der Waals surface area contributed by atoms with Crippen LogP contribution in [0.5, 0.6) is 5.75 Å². The van der Waals surface area contributed by atoms with Crippen molar-refractivity contribution < 1.29 is 22.7 Å². The molecule has 0 aliphatic carbocycles. The fourth-order valence-electron chi connectivity index (χ4n) is 5.34. The Balaban J connectivity index is 1.20. The number of fused-ring (bicyclic) bond motifs is 1. The molecule has 0 bridgehead atoms. The third-order valence-electron chi connectivity index (χ3n) is 7.77. The van der Waals surface area contributed by atoms with Crippen molar-refractivity contribution in [3.63, 3.8) is 0 Å². The number of para-hydroxylation sites is 1. The van der Waals surface area contributed by atoms with Crippen LogP contribution in [0.15, 0.2) is 76.7 Å². The molecule has 14 heteroatoms. The van der Waals surface area contributed by atoms with Gasteiger partial charge >= 0.3 is 0 Å². The molecular formula is C33H34Cl2N6O5S. The molecule has 0 unspecified atom stereocenters. The van der Waals surface area contributed by atoms with Crippen molar-refractivity contribution in [3.05, 3.63) is 99.2 Å². The zero-order valence-corrected chi connectivity index (χ0v) is 27.9. The number of aryl methyl sites for hydroxylation is 1. The Morgan fingerprint density at radius 2 is 1.83 bits per heavy atom. The SMILES string of the molecule is Cc1ccc2cccc(OCc3c(Cl)ccc(S(=O)(=O)N4CCC[C@H]4C(=O)NCCCNC(=O)c4ccc(C=NN)cc4)c3Cl)c2n1. The Labute approximate surface area is 283 Å². The van der Waals surface area contributed by atoms with Crippen molar-refractivity contribution in [2.75, 3.05) is 19.6 Å². The van der Waals surface area contributed by atoms with Crippen molar-refractivity contribution in [1.29, 1.82) is 0 Å². The highest BCUT2D eigenvalue weighted by Gasteiger charge is 2.40. The monoisotopic (exact) mass is 696 g/mol. The average molecular weight is 698 g/mol. The van der Waals surface area contributed by atoms with Crippen molar-refractivity contribution in [1.82, 2.24) is 19.9 Å². The first kappa shape index (κ1) is 34.1. The molecule has 4 N–H and O–H groups in total. The lowest BCUT2D eigenvalue weighted by molar-refractivity contribution is -0.124. The number of ether oxygens (including phenoxy) is 1. The summed E-state index contributed by atoms with van der Waals surface area (Å²) < 4.78 is 35.0. The van der Waals surface area contributed by atoms with Crippen LogP contribution in [0, 0.1) is 6.92 Å². The summed E-state index contributed by atoms with van der Waals surface area (Å²) >= 11 is 13.2. The van der Waals surface area contributed by atoms with Crippen molar-refractivity contribution in [3.8, 4) is 5.75 Å². The van der Waals surface area contributed by atoms with Crippen LogP contribution in [0.3, 0.4) is 0 Å². The van der Waals surface area contributed by atoms with Crippen LogP contribution in [0.1, 0.15) is 46.4 Å². The average Bonchev–Trinajstić information content (AvgIpc) is 3.56. The Bertz CT molecular complexity index is 1920. The Hall–Kier alpha value is -4.23. The Morgan fingerprint density at radius 1 is 1.06 bits per heavy atom. The molecule has 1 aromatic heterocycles. The van der Waals surface area contributed by atoms with Crippen LogP contribution in [0.2, 0.25) is 10.0 Å². The van der Waals surface area contributed by atoms with Gasteiger partial charge in [0.1, 0.15) is 28.8 Å². The summed E-state index contributed by atoms with van der Waals surface area (Å²) in [5.74, 6) is 4.98. The van der Waals surface area contributed by atoms with Gasteiger partial charge in [0.15, 0.2) is 0 Å². The first-order valence-corrected chi connectivity index (χ1v) is 17.2. The van der Waals surface area contributed by atoms with Gasteiger partial charge in [-0.15, -0.1) is 0 Å². The number of aromatic nitrogens is 1. The van der Waals surface area contributed by atoms with E-state index in [1.807, 2.05) is 31.2 Å². The number of benzene rings is 3. The van der Waals surface area contributed by atoms with Crippen LogP contribution in [0.4, 0.5) is 0 Å². The lowest BCUT2D eigenvalue weighted by atomic mass is 10.1. The molecule has 1 aliphatic heterocycles. The number of pyridine rings is 1. The number of hydrazone groups is 1. The molecule has 0 saturated carbocycles. The highest BCUT2D eigenvalue weighted by molar-refractivity contribution is 7.89. The van der Waals surface area contributed by atoms with Gasteiger partial charge in [-0.2, -0.15) is 9.41 Å². The number of nitrogens with one attached hydrogen (secondary N) is 2. The minimum absolute atomic E-state index is 0.0640. The van der Waals surface area contributed by atoms with Crippen LogP contribution in [0.25, 0.3) is 10.9 Å². The third-order valence-corrected chi connectivity index (χ3v) is 10.6. The predicted molar refractivity (Wildman–Crippen MR) is 182 cm³/mol. The highest BCUT2D eigenvalue weighted by Crippen LogP contribution is 2.36. The van der Waals surface area contributed by atoms with Gasteiger partial charge in [0.2, 0.25) is 15.9 Å². The van der Waals surface area contributed by atoms with Crippen molar-refractivity contribution in [2.45, 2.75) is 43.7 Å². The maximum absolute atomic E-state index is 13.9. The van der Waals surface area contributed by atoms with Crippen LogP contribution in [-0.2, 0) is 21.4 Å². The smallest absolute Gasteiger partial charge is 0.251 e. The zero-order chi connectivity index (χ0) is 33.6. The van der Waals surface area contributed by atoms with Gasteiger partial charge in [0.25, 0.3) is 5.91 Å². The van der Waals surface area contributed by atoms with E-state index in [1.165, 1.54) is 22.7 Å². The second-order valence-electron chi connectivity index (χ2n) is 11.0. The maximum atomic E-state index is 13.9. The normalized spacial score (nSPS) is 15.3. The fourth-order valence-corrected chi connectivity index (χ4v) is 7.86. The standard InChI is InChI=1S/C33H34Cl2N6O5S/c1-21-8-11-23-5-2-7-28(31(23)40-21)46-20-25-26(34)14-15-29(30(25)35)47(44,45)41-18-3-6-27(41)33(43)38-17-4-16-37-32(42)24-12-9-22(10-13-24)19-39-36/h2,5,7-15,19,27H,3-4,6,16-18,20,36H2,1H3,(H,37,42)(H,38,43)/t27-/m0/s1. The predicted octanol–water partition coefficient (Wildman–Crippen LogP) is 4.81. The molecule has 2 amide bonds. The lowest BCUT2D eigenvalue weighted by Gasteiger charge is -2.24. The van der Waals surface area contributed by atoms with E-state index in [0.29, 0.717) is 48.2 Å². The van der Waals surface area contributed by atoms with Gasteiger partial charge in [-0.05, 0) is 68.1 Å². The number of sulfonamides is 1. The van der Waals surface area contributed by atoms with Gasteiger partial charge in [0.05, 0.1) is 11.2 Å². The van der Waals surface area contributed by atoms with Crippen molar-refractivity contribution in [2.24, 2.45) is 10.9 Å². The lowest BCUT2D eigenvalue weighted by Crippen LogP contribution is -2.46. The molecule has 1 aliphatic rings. The maximum Gasteiger partial charge on any atom is 0.251 e. The largest absolute Gasteiger partial charge is 0.487 e. The van der Waals surface area contributed by atoms with Crippen molar-refractivity contribution >= 4 is 62.2 Å². The van der Waals surface area contributed by atoms with E-state index >= 15 is 0 Å². The number of carbonyl (C=O) groups is 2. The van der Waals surface area contributed by atoms with Gasteiger partial charge < -0.3 is 21.2 Å². The molecule has 11 nitrogen and oxygen atoms in total. The number of halogens is 2. The minimum atomic E-state index is -4.17. The number of nitrogens with two attached hydrogens (primary N) is 1. The van der Waals surface area contributed by atoms with Crippen LogP contribution < -0.4 is 21.2 Å². The molecular weight excluding hydrogens is 663 g/mol. The number of nitrogens with zero attached hydrogens (tertiary/aromatic N) is 3. The molecule has 1 atom stereocenters. The minimum Gasteiger partial charge on any atom is -0.487 e. The molecule has 0 spiro atoms. The number of hydrogen-bond donors (Lipinski definition) is 3. The second kappa shape index (κ2) is 15.1. The van der Waals surface area contributed by atoms with Gasteiger partial charge in [0, 0.05) is 46.9 Å². The Morgan fingerprint density at radius 3 is 2.60 bits per heavy atom. The van der Waals surface area contributed by atoms with E-state index in [9.17, 15) is 18.0 Å². The summed E-state index contributed by atoms with van der Waals surface area (Å²) in [5, 5.41) is 10.1. The first-order valence-electron chi connectivity index (χ1n) is 15.0. The molecule has 0 radical (unpaired) electrons. The molecule has 4 aromatic rings. The van der Waals surface area contributed by atoms with Crippen LogP contribution >= 0.6 is 23.2 Å². The molecule has 47 heavy (non-hydrogen) atoms. The second-order valence-corrected chi connectivity index (χ2v) is 13.6. The zero-order valence-electron chi connectivity index (χ0n) is 25.6. The third kappa shape index (κ3) is 7.84. The first-order chi connectivity index (χ1) is 22.6. The fraction of sp³-hybridized carbons (Fsp3) is 0.273. The number of carbonyl (C=O) groups excluding carboxylic acids is 2. The molecule has 1 saturated heterocycles. The van der Waals surface area contributed by atoms with E-state index in [-0.39, 0.29) is 40.5 Å². The molecule has 5 rings (SSSR count). The molecule has 1 fully saturated rings. The summed E-state index contributed by atoms with van der Waals surface area (Å²) in [6, 6.07) is 18.1.